The predicted octanol–water partition coefficient (Wildman–Crippen LogP) is 2.97. The van der Waals surface area contributed by atoms with Gasteiger partial charge in [-0.3, -0.25) is 0 Å². The summed E-state index contributed by atoms with van der Waals surface area (Å²) in [7, 11) is -3.24. The predicted molar refractivity (Wildman–Crippen MR) is 83.1 cm³/mol. The average molecular weight is 302 g/mol. The van der Waals surface area contributed by atoms with Crippen LogP contribution in [-0.4, -0.2) is 19.7 Å². The van der Waals surface area contributed by atoms with Gasteiger partial charge in [-0.15, -0.1) is 0 Å². The van der Waals surface area contributed by atoms with E-state index in [-0.39, 0.29) is 11.1 Å². The molecular formula is C16H18N2O2S. The lowest BCUT2D eigenvalue weighted by Gasteiger charge is -2.27. The van der Waals surface area contributed by atoms with Crippen molar-refractivity contribution in [3.05, 3.63) is 53.7 Å². The number of benzene rings is 1. The number of hydrogen-bond acceptors (Lipinski definition) is 4. The highest BCUT2D eigenvalue weighted by molar-refractivity contribution is 7.90. The van der Waals surface area contributed by atoms with Gasteiger partial charge in [-0.05, 0) is 42.5 Å². The van der Waals surface area contributed by atoms with Crippen molar-refractivity contribution >= 4 is 15.5 Å². The van der Waals surface area contributed by atoms with Gasteiger partial charge >= 0.3 is 0 Å². The maximum absolute atomic E-state index is 11.4. The van der Waals surface area contributed by atoms with Crippen LogP contribution >= 0.6 is 0 Å². The third kappa shape index (κ3) is 3.08. The van der Waals surface area contributed by atoms with E-state index in [1.54, 1.807) is 18.3 Å². The van der Waals surface area contributed by atoms with Crippen molar-refractivity contribution in [1.82, 2.24) is 4.98 Å². The van der Waals surface area contributed by atoms with Crippen LogP contribution in [0.2, 0.25) is 0 Å². The molecule has 1 aliphatic carbocycles. The fourth-order valence-corrected chi connectivity index (χ4v) is 3.35. The third-order valence-corrected chi connectivity index (χ3v) is 4.83. The fraction of sp³-hybridized carbons (Fsp3) is 0.312. The van der Waals surface area contributed by atoms with E-state index >= 15 is 0 Å². The van der Waals surface area contributed by atoms with Crippen LogP contribution in [-0.2, 0) is 16.3 Å². The van der Waals surface area contributed by atoms with Gasteiger partial charge in [-0.1, -0.05) is 24.3 Å². The molecule has 21 heavy (non-hydrogen) atoms. The Morgan fingerprint density at radius 3 is 2.71 bits per heavy atom. The van der Waals surface area contributed by atoms with Gasteiger partial charge in [0.25, 0.3) is 0 Å². The lowest BCUT2D eigenvalue weighted by molar-refractivity contribution is 0.597. The average Bonchev–Trinajstić information content (AvgIpc) is 2.47. The maximum Gasteiger partial charge on any atom is 0.192 e. The molecule has 0 saturated heterocycles. The summed E-state index contributed by atoms with van der Waals surface area (Å²) in [6.45, 7) is 0. The van der Waals surface area contributed by atoms with Crippen LogP contribution < -0.4 is 5.32 Å². The molecule has 1 unspecified atom stereocenters. The van der Waals surface area contributed by atoms with Crippen molar-refractivity contribution in [2.45, 2.75) is 30.3 Å². The zero-order valence-electron chi connectivity index (χ0n) is 11.9. The molecule has 0 saturated carbocycles. The number of fused-ring (bicyclic) bond motifs is 1. The summed E-state index contributed by atoms with van der Waals surface area (Å²) in [5.41, 5.74) is 3.57. The van der Waals surface area contributed by atoms with Crippen LogP contribution in [0.1, 0.15) is 30.0 Å². The highest BCUT2D eigenvalue weighted by Crippen LogP contribution is 2.32. The minimum atomic E-state index is -3.24. The minimum Gasteiger partial charge on any atom is -0.377 e. The smallest absolute Gasteiger partial charge is 0.192 e. The van der Waals surface area contributed by atoms with Crippen molar-refractivity contribution in [3.8, 4) is 0 Å². The number of rotatable bonds is 3. The second kappa shape index (κ2) is 5.48. The molecule has 1 aromatic heterocycles. The molecule has 0 aliphatic heterocycles. The molecule has 1 atom stereocenters. The molecule has 0 bridgehead atoms. The number of pyridine rings is 1. The maximum atomic E-state index is 11.4. The number of aromatic nitrogens is 1. The van der Waals surface area contributed by atoms with Crippen molar-refractivity contribution < 1.29 is 8.42 Å². The van der Waals surface area contributed by atoms with Gasteiger partial charge < -0.3 is 5.32 Å². The standard InChI is InChI=1S/C16H18N2O2S/c1-21(19,20)16-10-9-13(11-17-16)18-15-8-4-6-12-5-2-3-7-14(12)15/h2-3,5,7,9-11,15,18H,4,6,8H2,1H3. The molecule has 1 aromatic carbocycles. The summed E-state index contributed by atoms with van der Waals surface area (Å²) in [6, 6.07) is 12.1. The van der Waals surface area contributed by atoms with Crippen LogP contribution in [0.25, 0.3) is 0 Å². The molecule has 0 amide bonds. The van der Waals surface area contributed by atoms with Gasteiger partial charge in [0.05, 0.1) is 17.9 Å². The Morgan fingerprint density at radius 1 is 1.19 bits per heavy atom. The Labute approximate surface area is 125 Å². The van der Waals surface area contributed by atoms with Crippen molar-refractivity contribution in [1.29, 1.82) is 0 Å². The third-order valence-electron chi connectivity index (χ3n) is 3.83. The SMILES string of the molecule is CS(=O)(=O)c1ccc(NC2CCCc3ccccc32)cn1. The van der Waals surface area contributed by atoms with Crippen LogP contribution in [0.3, 0.4) is 0 Å². The molecule has 0 fully saturated rings. The minimum absolute atomic E-state index is 0.108. The van der Waals surface area contributed by atoms with Gasteiger partial charge in [0.1, 0.15) is 0 Å². The van der Waals surface area contributed by atoms with Gasteiger partial charge in [-0.2, -0.15) is 0 Å². The largest absolute Gasteiger partial charge is 0.377 e. The Kier molecular flexibility index (Phi) is 3.68. The van der Waals surface area contributed by atoms with Crippen molar-refractivity contribution in [2.75, 3.05) is 11.6 Å². The van der Waals surface area contributed by atoms with Gasteiger partial charge in [0, 0.05) is 6.26 Å². The molecular weight excluding hydrogens is 284 g/mol. The highest BCUT2D eigenvalue weighted by Gasteiger charge is 2.19. The molecule has 110 valence electrons. The Bertz CT molecular complexity index is 739. The molecule has 1 aliphatic rings. The van der Waals surface area contributed by atoms with Crippen LogP contribution in [0, 0.1) is 0 Å². The molecule has 1 N–H and O–H groups in total. The molecule has 4 nitrogen and oxygen atoms in total. The Balaban J connectivity index is 1.82. The molecule has 1 heterocycles. The molecule has 3 rings (SSSR count). The monoisotopic (exact) mass is 302 g/mol. The van der Waals surface area contributed by atoms with E-state index in [0.29, 0.717) is 0 Å². The summed E-state index contributed by atoms with van der Waals surface area (Å²) < 4.78 is 22.8. The quantitative estimate of drug-likeness (QED) is 0.947. The number of nitrogens with one attached hydrogen (secondary N) is 1. The van der Waals surface area contributed by atoms with E-state index < -0.39 is 9.84 Å². The molecule has 0 spiro atoms. The zero-order chi connectivity index (χ0) is 14.9. The number of nitrogens with zero attached hydrogens (tertiary/aromatic N) is 1. The molecule has 0 radical (unpaired) electrons. The Morgan fingerprint density at radius 2 is 2.00 bits per heavy atom. The van der Waals surface area contributed by atoms with Crippen LogP contribution in [0.15, 0.2) is 47.6 Å². The number of anilines is 1. The first kappa shape index (κ1) is 14.1. The number of sulfone groups is 1. The lowest BCUT2D eigenvalue weighted by Crippen LogP contribution is -2.17. The summed E-state index contributed by atoms with van der Waals surface area (Å²) in [5, 5.41) is 3.57. The van der Waals surface area contributed by atoms with E-state index in [4.69, 9.17) is 0 Å². The van der Waals surface area contributed by atoms with Crippen LogP contribution in [0.5, 0.6) is 0 Å². The summed E-state index contributed by atoms with van der Waals surface area (Å²) in [6.07, 6.45) is 6.11. The van der Waals surface area contributed by atoms with Gasteiger partial charge in [-0.25, -0.2) is 13.4 Å². The first-order valence-electron chi connectivity index (χ1n) is 7.04. The van der Waals surface area contributed by atoms with Crippen molar-refractivity contribution in [3.63, 3.8) is 0 Å². The lowest BCUT2D eigenvalue weighted by atomic mass is 9.87. The van der Waals surface area contributed by atoms with Crippen LogP contribution in [0.4, 0.5) is 5.69 Å². The first-order chi connectivity index (χ1) is 10.0. The van der Waals surface area contributed by atoms with E-state index in [9.17, 15) is 8.42 Å². The summed E-state index contributed by atoms with van der Waals surface area (Å²) in [4.78, 5) is 4.02. The van der Waals surface area contributed by atoms with Gasteiger partial charge in [0.2, 0.25) is 0 Å². The van der Waals surface area contributed by atoms with Crippen molar-refractivity contribution in [2.24, 2.45) is 0 Å². The van der Waals surface area contributed by atoms with E-state index in [2.05, 4.69) is 34.6 Å². The molecule has 2 aromatic rings. The highest BCUT2D eigenvalue weighted by atomic mass is 32.2. The fourth-order valence-electron chi connectivity index (χ4n) is 2.79. The van der Waals surface area contributed by atoms with Gasteiger partial charge in [0.15, 0.2) is 14.9 Å². The topological polar surface area (TPSA) is 59.1 Å². The number of aryl methyl sites for hydroxylation is 1. The van der Waals surface area contributed by atoms with E-state index in [1.807, 2.05) is 0 Å². The second-order valence-corrected chi connectivity index (χ2v) is 7.41. The zero-order valence-corrected chi connectivity index (χ0v) is 12.7. The van der Waals surface area contributed by atoms with E-state index in [1.165, 1.54) is 17.4 Å². The summed E-state index contributed by atoms with van der Waals surface area (Å²) >= 11 is 0. The Hall–Kier alpha value is -1.88. The summed E-state index contributed by atoms with van der Waals surface area (Å²) in [5.74, 6) is 0. The second-order valence-electron chi connectivity index (χ2n) is 5.45. The molecule has 5 heteroatoms. The normalized spacial score (nSPS) is 18.0. The first-order valence-corrected chi connectivity index (χ1v) is 8.93. The number of hydrogen-bond donors (Lipinski definition) is 1. The van der Waals surface area contributed by atoms with E-state index in [0.717, 1.165) is 24.9 Å².